The first kappa shape index (κ1) is 17.4. The van der Waals surface area contributed by atoms with Crippen LogP contribution in [0.4, 0.5) is 5.69 Å². The smallest absolute Gasteiger partial charge is 0.337 e. The molecule has 0 aliphatic heterocycles. The topological polar surface area (TPSA) is 121 Å². The Balaban J connectivity index is 3.37. The van der Waals surface area contributed by atoms with Crippen LogP contribution in [0.15, 0.2) is 23.1 Å². The summed E-state index contributed by atoms with van der Waals surface area (Å²) < 4.78 is 22.7. The zero-order valence-electron chi connectivity index (χ0n) is 12.0. The number of hydrogen-bond acceptors (Lipinski definition) is 5. The fraction of sp³-hybridized carbons (Fsp3) is 0.462. The van der Waals surface area contributed by atoms with Crippen LogP contribution in [0.5, 0.6) is 0 Å². The molecule has 0 spiro atoms. The number of sulfonamides is 1. The second kappa shape index (κ2) is 6.88. The number of aliphatic hydroxyl groups excluding tert-OH is 1. The Hall–Kier alpha value is -1.64. The Labute approximate surface area is 124 Å². The van der Waals surface area contributed by atoms with Crippen LogP contribution in [0.3, 0.4) is 0 Å². The van der Waals surface area contributed by atoms with Gasteiger partial charge in [0.2, 0.25) is 10.0 Å². The van der Waals surface area contributed by atoms with E-state index in [1.54, 1.807) is 4.90 Å². The van der Waals surface area contributed by atoms with Crippen molar-refractivity contribution >= 4 is 21.7 Å². The molecular formula is C13H20N2O5S. The van der Waals surface area contributed by atoms with E-state index in [0.717, 1.165) is 6.07 Å². The van der Waals surface area contributed by atoms with Crippen molar-refractivity contribution in [3.05, 3.63) is 23.8 Å². The molecule has 0 unspecified atom stereocenters. The van der Waals surface area contributed by atoms with Gasteiger partial charge in [0.05, 0.1) is 16.1 Å². The highest BCUT2D eigenvalue weighted by Crippen LogP contribution is 2.26. The maximum Gasteiger partial charge on any atom is 0.337 e. The van der Waals surface area contributed by atoms with E-state index >= 15 is 0 Å². The number of nitrogens with zero attached hydrogens (tertiary/aromatic N) is 1. The molecule has 0 bridgehead atoms. The maximum absolute atomic E-state index is 11.4. The predicted octanol–water partition coefficient (Wildman–Crippen LogP) is 0.629. The van der Waals surface area contributed by atoms with Gasteiger partial charge >= 0.3 is 5.97 Å². The lowest BCUT2D eigenvalue weighted by Crippen LogP contribution is -2.33. The lowest BCUT2D eigenvalue weighted by molar-refractivity contribution is 0.0697. The summed E-state index contributed by atoms with van der Waals surface area (Å²) >= 11 is 0. The molecule has 0 atom stereocenters. The maximum atomic E-state index is 11.4. The third-order valence-electron chi connectivity index (χ3n) is 3.02. The number of nitrogens with two attached hydrogens (primary N) is 1. The highest BCUT2D eigenvalue weighted by molar-refractivity contribution is 7.89. The molecule has 0 aliphatic carbocycles. The first-order valence-electron chi connectivity index (χ1n) is 6.46. The summed E-state index contributed by atoms with van der Waals surface area (Å²) in [5.74, 6) is -1.23. The highest BCUT2D eigenvalue weighted by Gasteiger charge is 2.21. The predicted molar refractivity (Wildman–Crippen MR) is 79.0 cm³/mol. The Morgan fingerprint density at radius 3 is 2.43 bits per heavy atom. The van der Waals surface area contributed by atoms with E-state index in [1.807, 2.05) is 13.8 Å². The van der Waals surface area contributed by atoms with Crippen LogP contribution >= 0.6 is 0 Å². The van der Waals surface area contributed by atoms with Crippen molar-refractivity contribution in [3.8, 4) is 0 Å². The van der Waals surface area contributed by atoms with Gasteiger partial charge < -0.3 is 15.1 Å². The fourth-order valence-corrected chi connectivity index (χ4v) is 2.55. The molecule has 1 aromatic carbocycles. The van der Waals surface area contributed by atoms with Crippen LogP contribution < -0.4 is 10.0 Å². The van der Waals surface area contributed by atoms with E-state index in [9.17, 15) is 18.3 Å². The summed E-state index contributed by atoms with van der Waals surface area (Å²) in [7, 11) is -3.96. The van der Waals surface area contributed by atoms with Gasteiger partial charge in [-0.3, -0.25) is 0 Å². The second-order valence-electron chi connectivity index (χ2n) is 4.89. The van der Waals surface area contributed by atoms with E-state index in [-0.39, 0.29) is 23.1 Å². The summed E-state index contributed by atoms with van der Waals surface area (Å²) in [6.45, 7) is 4.22. The first-order valence-corrected chi connectivity index (χ1v) is 8.00. The van der Waals surface area contributed by atoms with E-state index in [2.05, 4.69) is 0 Å². The number of primary sulfonamides is 1. The number of hydrogen-bond donors (Lipinski definition) is 3. The van der Waals surface area contributed by atoms with Crippen molar-refractivity contribution in [2.45, 2.75) is 31.2 Å². The fourth-order valence-electron chi connectivity index (χ4n) is 2.01. The van der Waals surface area contributed by atoms with Gasteiger partial charge in [-0.2, -0.15) is 0 Å². The minimum absolute atomic E-state index is 0.00464. The van der Waals surface area contributed by atoms with Crippen molar-refractivity contribution in [1.29, 1.82) is 0 Å². The first-order chi connectivity index (χ1) is 9.68. The average Bonchev–Trinajstić information content (AvgIpc) is 2.37. The molecule has 21 heavy (non-hydrogen) atoms. The molecule has 4 N–H and O–H groups in total. The molecule has 0 saturated heterocycles. The quantitative estimate of drug-likeness (QED) is 0.678. The molecule has 0 heterocycles. The van der Waals surface area contributed by atoms with E-state index in [0.29, 0.717) is 18.7 Å². The van der Waals surface area contributed by atoms with Crippen LogP contribution in [-0.2, 0) is 10.0 Å². The largest absolute Gasteiger partial charge is 0.478 e. The number of anilines is 1. The lowest BCUT2D eigenvalue weighted by atomic mass is 10.1. The van der Waals surface area contributed by atoms with E-state index < -0.39 is 16.0 Å². The zero-order valence-corrected chi connectivity index (χ0v) is 12.8. The minimum Gasteiger partial charge on any atom is -0.478 e. The number of benzene rings is 1. The molecule has 7 nitrogen and oxygen atoms in total. The average molecular weight is 316 g/mol. The van der Waals surface area contributed by atoms with Gasteiger partial charge in [0.1, 0.15) is 0 Å². The summed E-state index contributed by atoms with van der Waals surface area (Å²) in [5.41, 5.74) is 0.270. The van der Waals surface area contributed by atoms with Crippen LogP contribution in [0, 0.1) is 0 Å². The number of aromatic carboxylic acids is 1. The molecular weight excluding hydrogens is 296 g/mol. The van der Waals surface area contributed by atoms with Crippen molar-refractivity contribution in [2.24, 2.45) is 5.14 Å². The molecule has 0 fully saturated rings. The molecule has 1 rings (SSSR count). The lowest BCUT2D eigenvalue weighted by Gasteiger charge is -2.30. The van der Waals surface area contributed by atoms with Gasteiger partial charge in [0.25, 0.3) is 0 Å². The van der Waals surface area contributed by atoms with Gasteiger partial charge in [-0.25, -0.2) is 18.4 Å². The number of carboxylic acids is 1. The molecule has 1 aromatic rings. The number of carboxylic acid groups (broad SMARTS) is 1. The summed E-state index contributed by atoms with van der Waals surface area (Å²) in [6, 6.07) is 3.77. The molecule has 0 saturated carbocycles. The standard InChI is InChI=1S/C13H20N2O5S/c1-9(2)15(6-3-7-16)12-5-4-10(21(14,19)20)8-11(12)13(17)18/h4-5,8-9,16H,3,6-7H2,1-2H3,(H,17,18)(H2,14,19,20). The summed E-state index contributed by atoms with van der Waals surface area (Å²) in [6.07, 6.45) is 0.480. The van der Waals surface area contributed by atoms with Crippen molar-refractivity contribution in [3.63, 3.8) is 0 Å². The van der Waals surface area contributed by atoms with Crippen LogP contribution in [0.1, 0.15) is 30.6 Å². The summed E-state index contributed by atoms with van der Waals surface area (Å²) in [5, 5.41) is 23.3. The monoisotopic (exact) mass is 316 g/mol. The minimum atomic E-state index is -3.96. The molecule has 0 radical (unpaired) electrons. The van der Waals surface area contributed by atoms with Gasteiger partial charge in [-0.1, -0.05) is 0 Å². The van der Waals surface area contributed by atoms with Crippen LogP contribution in [0.25, 0.3) is 0 Å². The zero-order chi connectivity index (χ0) is 16.2. The SMILES string of the molecule is CC(C)N(CCCO)c1ccc(S(N)(=O)=O)cc1C(=O)O. The van der Waals surface area contributed by atoms with Gasteiger partial charge in [0.15, 0.2) is 0 Å². The molecule has 118 valence electrons. The van der Waals surface area contributed by atoms with Gasteiger partial charge in [-0.05, 0) is 38.5 Å². The molecule has 0 aromatic heterocycles. The third kappa shape index (κ3) is 4.42. The normalized spacial score (nSPS) is 11.7. The highest BCUT2D eigenvalue weighted by atomic mass is 32.2. The number of aliphatic hydroxyl groups is 1. The number of rotatable bonds is 7. The van der Waals surface area contributed by atoms with E-state index in [4.69, 9.17) is 10.2 Å². The van der Waals surface area contributed by atoms with Crippen LogP contribution in [0.2, 0.25) is 0 Å². The van der Waals surface area contributed by atoms with Gasteiger partial charge in [0, 0.05) is 19.2 Å². The Kier molecular flexibility index (Phi) is 5.70. The third-order valence-corrected chi connectivity index (χ3v) is 3.93. The Bertz CT molecular complexity index is 613. The summed E-state index contributed by atoms with van der Waals surface area (Å²) in [4.78, 5) is 12.9. The van der Waals surface area contributed by atoms with E-state index in [1.165, 1.54) is 12.1 Å². The second-order valence-corrected chi connectivity index (χ2v) is 6.45. The van der Waals surface area contributed by atoms with Crippen molar-refractivity contribution in [1.82, 2.24) is 0 Å². The number of carbonyl (C=O) groups is 1. The van der Waals surface area contributed by atoms with Crippen molar-refractivity contribution < 1.29 is 23.4 Å². The molecule has 0 amide bonds. The van der Waals surface area contributed by atoms with Gasteiger partial charge in [-0.15, -0.1) is 0 Å². The molecule has 8 heteroatoms. The Morgan fingerprint density at radius 2 is 2.00 bits per heavy atom. The Morgan fingerprint density at radius 1 is 1.38 bits per heavy atom. The van der Waals surface area contributed by atoms with Crippen molar-refractivity contribution in [2.75, 3.05) is 18.1 Å². The van der Waals surface area contributed by atoms with Crippen LogP contribution in [-0.4, -0.2) is 43.8 Å². The molecule has 0 aliphatic rings.